The summed E-state index contributed by atoms with van der Waals surface area (Å²) < 4.78 is 10.8. The largest absolute Gasteiger partial charge is 0.497 e. The average molecular weight is 401 g/mol. The summed E-state index contributed by atoms with van der Waals surface area (Å²) in [5, 5.41) is 2.70. The molecule has 28 heavy (non-hydrogen) atoms. The van der Waals surface area contributed by atoms with Crippen LogP contribution in [-0.2, 0) is 9.59 Å². The van der Waals surface area contributed by atoms with Gasteiger partial charge >= 0.3 is 0 Å². The van der Waals surface area contributed by atoms with Gasteiger partial charge in [-0.2, -0.15) is 0 Å². The second kappa shape index (κ2) is 8.56. The zero-order valence-electron chi connectivity index (χ0n) is 16.4. The third-order valence-electron chi connectivity index (χ3n) is 4.52. The number of anilines is 2. The minimum atomic E-state index is -0.280. The van der Waals surface area contributed by atoms with Crippen molar-refractivity contribution in [3.63, 3.8) is 0 Å². The first-order valence-electron chi connectivity index (χ1n) is 9.01. The van der Waals surface area contributed by atoms with Crippen LogP contribution in [0.4, 0.5) is 11.4 Å². The Balaban J connectivity index is 2.04. The maximum atomic E-state index is 12.8. The summed E-state index contributed by atoms with van der Waals surface area (Å²) in [6, 6.07) is 13.0. The molecule has 0 aromatic heterocycles. The minimum absolute atomic E-state index is 0.0217. The zero-order chi connectivity index (χ0) is 20.3. The predicted octanol–water partition coefficient (Wildman–Crippen LogP) is 4.08. The molecule has 0 bridgehead atoms. The molecular weight excluding hydrogens is 376 g/mol. The number of amides is 2. The summed E-state index contributed by atoms with van der Waals surface area (Å²) in [6.45, 7) is 3.69. The van der Waals surface area contributed by atoms with Gasteiger partial charge in [0.2, 0.25) is 11.8 Å². The smallest absolute Gasteiger partial charge is 0.238 e. The molecule has 0 unspecified atom stereocenters. The second-order valence-electron chi connectivity index (χ2n) is 6.70. The third kappa shape index (κ3) is 3.94. The normalized spacial score (nSPS) is 16.4. The van der Waals surface area contributed by atoms with Crippen LogP contribution in [0.5, 0.6) is 11.5 Å². The number of benzene rings is 2. The lowest BCUT2D eigenvalue weighted by Gasteiger charge is -2.27. The Kier molecular flexibility index (Phi) is 6.14. The standard InChI is InChI=1S/C21H24N2O4S/c1-13(2)20(25)22-16-8-6-5-7-15(16)21-23(19(24)12-28-21)17-11-14(26-3)9-10-18(17)27-4/h5-11,13,21H,12H2,1-4H3,(H,22,25)/t21-/m1/s1. The molecule has 1 saturated heterocycles. The van der Waals surface area contributed by atoms with Gasteiger partial charge in [-0.15, -0.1) is 11.8 Å². The summed E-state index contributed by atoms with van der Waals surface area (Å²) in [5.41, 5.74) is 2.23. The highest BCUT2D eigenvalue weighted by atomic mass is 32.2. The van der Waals surface area contributed by atoms with E-state index in [-0.39, 0.29) is 23.1 Å². The van der Waals surface area contributed by atoms with Gasteiger partial charge in [-0.05, 0) is 18.2 Å². The van der Waals surface area contributed by atoms with Crippen LogP contribution in [0.3, 0.4) is 0 Å². The lowest BCUT2D eigenvalue weighted by atomic mass is 10.1. The van der Waals surface area contributed by atoms with E-state index in [0.717, 1.165) is 5.56 Å². The lowest BCUT2D eigenvalue weighted by molar-refractivity contribution is -0.119. The molecule has 2 aromatic carbocycles. The number of ether oxygens (including phenoxy) is 2. The molecule has 0 aliphatic carbocycles. The fraction of sp³-hybridized carbons (Fsp3) is 0.333. The lowest BCUT2D eigenvalue weighted by Crippen LogP contribution is -2.29. The van der Waals surface area contributed by atoms with Crippen molar-refractivity contribution in [3.8, 4) is 11.5 Å². The molecule has 2 aromatic rings. The van der Waals surface area contributed by atoms with E-state index in [1.54, 1.807) is 37.3 Å². The fourth-order valence-corrected chi connectivity index (χ4v) is 4.21. The van der Waals surface area contributed by atoms with E-state index in [1.807, 2.05) is 38.1 Å². The van der Waals surface area contributed by atoms with Crippen LogP contribution in [0.25, 0.3) is 0 Å². The number of thioether (sulfide) groups is 1. The van der Waals surface area contributed by atoms with Crippen molar-refractivity contribution >= 4 is 35.0 Å². The molecule has 3 rings (SSSR count). The van der Waals surface area contributed by atoms with Gasteiger partial charge in [-0.3, -0.25) is 14.5 Å². The Labute approximate surface area is 169 Å². The third-order valence-corrected chi connectivity index (χ3v) is 5.72. The fourth-order valence-electron chi connectivity index (χ4n) is 3.00. The molecule has 148 valence electrons. The van der Waals surface area contributed by atoms with Crippen molar-refractivity contribution in [2.24, 2.45) is 5.92 Å². The van der Waals surface area contributed by atoms with Crippen LogP contribution in [0.15, 0.2) is 42.5 Å². The molecule has 0 saturated carbocycles. The molecule has 7 heteroatoms. The number of nitrogens with zero attached hydrogens (tertiary/aromatic N) is 1. The molecule has 1 aliphatic heterocycles. The van der Waals surface area contributed by atoms with E-state index in [9.17, 15) is 9.59 Å². The van der Waals surface area contributed by atoms with Crippen LogP contribution >= 0.6 is 11.8 Å². The number of hydrogen-bond acceptors (Lipinski definition) is 5. The SMILES string of the molecule is COc1ccc(OC)c(N2C(=O)CS[C@@H]2c2ccccc2NC(=O)C(C)C)c1. The van der Waals surface area contributed by atoms with Crippen molar-refractivity contribution < 1.29 is 19.1 Å². The van der Waals surface area contributed by atoms with Gasteiger partial charge in [0.1, 0.15) is 16.9 Å². The van der Waals surface area contributed by atoms with E-state index < -0.39 is 0 Å². The Morgan fingerprint density at radius 2 is 1.93 bits per heavy atom. The average Bonchev–Trinajstić information content (AvgIpc) is 3.08. The number of para-hydroxylation sites is 1. The molecule has 1 N–H and O–H groups in total. The van der Waals surface area contributed by atoms with Gasteiger partial charge in [0.05, 0.1) is 25.7 Å². The summed E-state index contributed by atoms with van der Waals surface area (Å²) in [7, 11) is 3.16. The molecule has 0 radical (unpaired) electrons. The van der Waals surface area contributed by atoms with Gasteiger partial charge in [0.25, 0.3) is 0 Å². The highest BCUT2D eigenvalue weighted by Crippen LogP contribution is 2.47. The van der Waals surface area contributed by atoms with Gasteiger partial charge < -0.3 is 14.8 Å². The van der Waals surface area contributed by atoms with Gasteiger partial charge in [-0.25, -0.2) is 0 Å². The summed E-state index contributed by atoms with van der Waals surface area (Å²) in [6.07, 6.45) is 0. The van der Waals surface area contributed by atoms with Crippen LogP contribution in [0, 0.1) is 5.92 Å². The topological polar surface area (TPSA) is 67.9 Å². The molecule has 1 atom stereocenters. The van der Waals surface area contributed by atoms with E-state index in [0.29, 0.717) is 28.6 Å². The number of carbonyl (C=O) groups excluding carboxylic acids is 2. The highest BCUT2D eigenvalue weighted by Gasteiger charge is 2.37. The van der Waals surface area contributed by atoms with Crippen molar-refractivity contribution in [1.82, 2.24) is 0 Å². The highest BCUT2D eigenvalue weighted by molar-refractivity contribution is 8.00. The van der Waals surface area contributed by atoms with Crippen molar-refractivity contribution in [2.45, 2.75) is 19.2 Å². The zero-order valence-corrected chi connectivity index (χ0v) is 17.2. The first kappa shape index (κ1) is 20.1. The maximum Gasteiger partial charge on any atom is 0.238 e. The van der Waals surface area contributed by atoms with Crippen molar-refractivity contribution in [3.05, 3.63) is 48.0 Å². The minimum Gasteiger partial charge on any atom is -0.497 e. The second-order valence-corrected chi connectivity index (χ2v) is 7.76. The summed E-state index contributed by atoms with van der Waals surface area (Å²) in [5.74, 6) is 1.35. The van der Waals surface area contributed by atoms with Gasteiger partial charge in [0.15, 0.2) is 0 Å². The Morgan fingerprint density at radius 3 is 2.61 bits per heavy atom. The number of nitrogens with one attached hydrogen (secondary N) is 1. The van der Waals surface area contributed by atoms with E-state index >= 15 is 0 Å². The van der Waals surface area contributed by atoms with Crippen LogP contribution in [-0.4, -0.2) is 31.8 Å². The molecule has 0 spiro atoms. The predicted molar refractivity (Wildman–Crippen MR) is 112 cm³/mol. The number of rotatable bonds is 6. The van der Waals surface area contributed by atoms with Gasteiger partial charge in [0, 0.05) is 23.2 Å². The molecule has 1 aliphatic rings. The van der Waals surface area contributed by atoms with Crippen LogP contribution in [0.1, 0.15) is 24.8 Å². The quantitative estimate of drug-likeness (QED) is 0.791. The van der Waals surface area contributed by atoms with Crippen LogP contribution in [0.2, 0.25) is 0 Å². The summed E-state index contributed by atoms with van der Waals surface area (Å²) >= 11 is 1.52. The maximum absolute atomic E-state index is 12.8. The van der Waals surface area contributed by atoms with Crippen molar-refractivity contribution in [2.75, 3.05) is 30.2 Å². The van der Waals surface area contributed by atoms with E-state index in [2.05, 4.69) is 5.32 Å². The Bertz CT molecular complexity index is 884. The number of carbonyl (C=O) groups is 2. The molecule has 2 amide bonds. The summed E-state index contributed by atoms with van der Waals surface area (Å²) in [4.78, 5) is 26.7. The van der Waals surface area contributed by atoms with Crippen LogP contribution < -0.4 is 19.7 Å². The van der Waals surface area contributed by atoms with E-state index in [4.69, 9.17) is 9.47 Å². The van der Waals surface area contributed by atoms with Crippen molar-refractivity contribution in [1.29, 1.82) is 0 Å². The molecular formula is C21H24N2O4S. The number of methoxy groups -OCH3 is 2. The number of hydrogen-bond donors (Lipinski definition) is 1. The van der Waals surface area contributed by atoms with Gasteiger partial charge in [-0.1, -0.05) is 32.0 Å². The Hall–Kier alpha value is -2.67. The molecule has 1 fully saturated rings. The van der Waals surface area contributed by atoms with E-state index in [1.165, 1.54) is 11.8 Å². The monoisotopic (exact) mass is 400 g/mol. The first-order chi connectivity index (χ1) is 13.5. The Morgan fingerprint density at radius 1 is 1.18 bits per heavy atom. The first-order valence-corrected chi connectivity index (χ1v) is 10.1. The molecule has 6 nitrogen and oxygen atoms in total. The molecule has 1 heterocycles.